The molecule has 2 aromatic rings. The summed E-state index contributed by atoms with van der Waals surface area (Å²) in [6.45, 7) is 2.89. The molecule has 0 aliphatic heterocycles. The average molecular weight is 506 g/mol. The number of azo groups is 1. The Morgan fingerprint density at radius 2 is 1.88 bits per heavy atom. The number of ether oxygens (including phenoxy) is 1. The molecule has 0 saturated heterocycles. The lowest BCUT2D eigenvalue weighted by molar-refractivity contribution is -0.393. The van der Waals surface area contributed by atoms with Crippen LogP contribution in [0.25, 0.3) is 0 Å². The molecule has 0 bridgehead atoms. The minimum atomic E-state index is -0.822. The van der Waals surface area contributed by atoms with Crippen LogP contribution in [0.4, 0.5) is 34.1 Å². The molecular formula is C18H16BrN7O6. The number of nitro groups is 2. The zero-order valence-electron chi connectivity index (χ0n) is 17.0. The number of anilines is 2. The Hall–Kier alpha value is -4.12. The van der Waals surface area contributed by atoms with Gasteiger partial charge in [0.15, 0.2) is 5.69 Å². The summed E-state index contributed by atoms with van der Waals surface area (Å²) < 4.78 is 5.28. The van der Waals surface area contributed by atoms with E-state index < -0.39 is 33.2 Å². The molecule has 2 N–H and O–H groups in total. The highest BCUT2D eigenvalue weighted by atomic mass is 79.9. The van der Waals surface area contributed by atoms with Crippen molar-refractivity contribution in [3.63, 3.8) is 0 Å². The van der Waals surface area contributed by atoms with Crippen LogP contribution in [0.15, 0.2) is 39.0 Å². The molecule has 2 aromatic carbocycles. The van der Waals surface area contributed by atoms with Gasteiger partial charge in [-0.3, -0.25) is 25.0 Å². The van der Waals surface area contributed by atoms with Gasteiger partial charge in [-0.25, -0.2) is 0 Å². The van der Waals surface area contributed by atoms with Gasteiger partial charge in [-0.1, -0.05) is 0 Å². The van der Waals surface area contributed by atoms with Gasteiger partial charge in [-0.05, 0) is 28.9 Å². The van der Waals surface area contributed by atoms with Crippen LogP contribution < -0.4 is 15.4 Å². The fourth-order valence-electron chi connectivity index (χ4n) is 2.51. The topological polar surface area (TPSA) is 185 Å². The number of methoxy groups -OCH3 is 1. The highest BCUT2D eigenvalue weighted by molar-refractivity contribution is 9.10. The number of amides is 1. The lowest BCUT2D eigenvalue weighted by Crippen LogP contribution is -2.13. The van der Waals surface area contributed by atoms with Crippen molar-refractivity contribution < 1.29 is 19.4 Å². The first-order chi connectivity index (χ1) is 15.1. The molecule has 0 aliphatic rings. The van der Waals surface area contributed by atoms with Crippen molar-refractivity contribution in [2.45, 2.75) is 19.9 Å². The second-order valence-electron chi connectivity index (χ2n) is 6.26. The third-order valence-corrected chi connectivity index (χ3v) is 4.49. The number of carbonyl (C=O) groups is 1. The molecule has 32 heavy (non-hydrogen) atoms. The third kappa shape index (κ3) is 5.73. The maximum Gasteiger partial charge on any atom is 0.304 e. The maximum absolute atomic E-state index is 11.6. The largest absolute Gasteiger partial charge is 0.495 e. The molecule has 1 atom stereocenters. The molecule has 1 unspecified atom stereocenters. The normalized spacial score (nSPS) is 11.5. The SMILES string of the molecule is COc1cc(N=Nc2c(Br)cc([N+](=O)[O-])cc2[N+](=O)[O-])c(NC(C)=O)cc1NC(C)C#N. The number of carbonyl (C=O) groups excluding carboxylic acids is 1. The highest BCUT2D eigenvalue weighted by Crippen LogP contribution is 2.42. The number of rotatable bonds is 8. The van der Waals surface area contributed by atoms with Gasteiger partial charge in [-0.2, -0.15) is 5.26 Å². The molecule has 14 heteroatoms. The van der Waals surface area contributed by atoms with Crippen molar-refractivity contribution in [1.29, 1.82) is 5.26 Å². The summed E-state index contributed by atoms with van der Waals surface area (Å²) in [5.41, 5.74) is -0.711. The van der Waals surface area contributed by atoms with Gasteiger partial charge in [0.05, 0.1) is 44.9 Å². The Morgan fingerprint density at radius 1 is 1.19 bits per heavy atom. The number of halogens is 1. The van der Waals surface area contributed by atoms with Gasteiger partial charge in [-0.15, -0.1) is 10.2 Å². The fraction of sp³-hybridized carbons (Fsp3) is 0.222. The first-order valence-electron chi connectivity index (χ1n) is 8.77. The Morgan fingerprint density at radius 3 is 2.41 bits per heavy atom. The summed E-state index contributed by atoms with van der Waals surface area (Å²) >= 11 is 3.04. The lowest BCUT2D eigenvalue weighted by atomic mass is 10.2. The summed E-state index contributed by atoms with van der Waals surface area (Å²) in [4.78, 5) is 32.4. The van der Waals surface area contributed by atoms with Crippen molar-refractivity contribution >= 4 is 56.0 Å². The highest BCUT2D eigenvalue weighted by Gasteiger charge is 2.24. The average Bonchev–Trinajstić information content (AvgIpc) is 2.72. The van der Waals surface area contributed by atoms with Crippen molar-refractivity contribution in [2.75, 3.05) is 17.7 Å². The molecule has 1 amide bonds. The number of nitriles is 1. The van der Waals surface area contributed by atoms with Gasteiger partial charge in [0.2, 0.25) is 5.91 Å². The molecular weight excluding hydrogens is 490 g/mol. The number of nitro benzene ring substituents is 2. The second-order valence-corrected chi connectivity index (χ2v) is 7.11. The predicted octanol–water partition coefficient (Wildman–Crippen LogP) is 4.97. The van der Waals surface area contributed by atoms with Crippen LogP contribution in [-0.2, 0) is 4.79 Å². The summed E-state index contributed by atoms with van der Waals surface area (Å²) in [6, 6.07) is 6.15. The number of benzene rings is 2. The summed E-state index contributed by atoms with van der Waals surface area (Å²) in [7, 11) is 1.38. The van der Waals surface area contributed by atoms with Gasteiger partial charge >= 0.3 is 5.69 Å². The lowest BCUT2D eigenvalue weighted by Gasteiger charge is -2.16. The van der Waals surface area contributed by atoms with E-state index in [2.05, 4.69) is 36.8 Å². The molecule has 0 heterocycles. The van der Waals surface area contributed by atoms with Crippen LogP contribution in [0.3, 0.4) is 0 Å². The fourth-order valence-corrected chi connectivity index (χ4v) is 3.02. The van der Waals surface area contributed by atoms with Gasteiger partial charge < -0.3 is 15.4 Å². The number of hydrogen-bond donors (Lipinski definition) is 2. The van der Waals surface area contributed by atoms with E-state index in [0.717, 1.165) is 12.1 Å². The Balaban J connectivity index is 2.63. The number of non-ortho nitro benzene ring substituents is 1. The summed E-state index contributed by atoms with van der Waals surface area (Å²) in [5, 5.41) is 44.8. The van der Waals surface area contributed by atoms with E-state index >= 15 is 0 Å². The monoisotopic (exact) mass is 505 g/mol. The number of hydrogen-bond acceptors (Lipinski definition) is 10. The smallest absolute Gasteiger partial charge is 0.304 e. The number of nitrogens with zero attached hydrogens (tertiary/aromatic N) is 5. The molecule has 0 aromatic heterocycles. The minimum Gasteiger partial charge on any atom is -0.495 e. The Labute approximate surface area is 189 Å². The second kappa shape index (κ2) is 10.3. The van der Waals surface area contributed by atoms with E-state index in [0.29, 0.717) is 5.69 Å². The van der Waals surface area contributed by atoms with E-state index in [9.17, 15) is 25.0 Å². The van der Waals surface area contributed by atoms with Crippen LogP contribution in [0.5, 0.6) is 5.75 Å². The molecule has 0 aliphatic carbocycles. The standard InChI is InChI=1S/C18H16BrN7O6/c1-9(8-20)21-15-6-13(22-10(2)27)14(7-17(15)32-3)23-24-18-12(19)4-11(25(28)29)5-16(18)26(30)31/h4-7,9,21H,1-3H3,(H,22,27). The van der Waals surface area contributed by atoms with Crippen LogP contribution in [0.1, 0.15) is 13.8 Å². The molecule has 13 nitrogen and oxygen atoms in total. The molecule has 166 valence electrons. The van der Waals surface area contributed by atoms with Gasteiger partial charge in [0.1, 0.15) is 17.5 Å². The van der Waals surface area contributed by atoms with Crippen molar-refractivity contribution in [2.24, 2.45) is 10.2 Å². The maximum atomic E-state index is 11.6. The van der Waals surface area contributed by atoms with E-state index in [-0.39, 0.29) is 27.3 Å². The van der Waals surface area contributed by atoms with E-state index in [1.165, 1.54) is 26.2 Å². The van der Waals surface area contributed by atoms with Crippen LogP contribution in [0.2, 0.25) is 0 Å². The molecule has 0 saturated carbocycles. The van der Waals surface area contributed by atoms with E-state index in [1.807, 2.05) is 6.07 Å². The van der Waals surface area contributed by atoms with Gasteiger partial charge in [0.25, 0.3) is 5.69 Å². The summed E-state index contributed by atoms with van der Waals surface area (Å²) in [5.74, 6) is -0.152. The Kier molecular flexibility index (Phi) is 7.75. The number of nitrogens with one attached hydrogen (secondary N) is 2. The first-order valence-corrected chi connectivity index (χ1v) is 9.56. The molecule has 0 radical (unpaired) electrons. The quantitative estimate of drug-likeness (QED) is 0.285. The van der Waals surface area contributed by atoms with Crippen molar-refractivity contribution in [3.05, 3.63) is 49.0 Å². The molecule has 0 spiro atoms. The van der Waals surface area contributed by atoms with Crippen molar-refractivity contribution in [1.82, 2.24) is 0 Å². The molecule has 2 rings (SSSR count). The first kappa shape index (κ1) is 24.2. The molecule has 0 fully saturated rings. The third-order valence-electron chi connectivity index (χ3n) is 3.89. The van der Waals surface area contributed by atoms with Gasteiger partial charge in [0, 0.05) is 19.1 Å². The van der Waals surface area contributed by atoms with E-state index in [4.69, 9.17) is 10.00 Å². The zero-order chi connectivity index (χ0) is 24.0. The predicted molar refractivity (Wildman–Crippen MR) is 118 cm³/mol. The van der Waals surface area contributed by atoms with Crippen LogP contribution >= 0.6 is 15.9 Å². The van der Waals surface area contributed by atoms with Crippen LogP contribution in [0, 0.1) is 31.6 Å². The zero-order valence-corrected chi connectivity index (χ0v) is 18.5. The van der Waals surface area contributed by atoms with Crippen LogP contribution in [-0.4, -0.2) is 28.9 Å². The minimum absolute atomic E-state index is 0.0173. The summed E-state index contributed by atoms with van der Waals surface area (Å²) in [6.07, 6.45) is 0. The van der Waals surface area contributed by atoms with E-state index in [1.54, 1.807) is 6.92 Å². The Bertz CT molecular complexity index is 1160. The van der Waals surface area contributed by atoms with Crippen molar-refractivity contribution in [3.8, 4) is 11.8 Å².